The lowest BCUT2D eigenvalue weighted by molar-refractivity contribution is -0.306. The number of aliphatic carboxylic acids is 1. The largest absolute Gasteiger partial charge is 0.550 e. The number of carboxylic acid groups (broad SMARTS) is 1. The molecule has 0 radical (unpaired) electrons. The predicted molar refractivity (Wildman–Crippen MR) is 147 cm³/mol. The fourth-order valence-corrected chi connectivity index (χ4v) is 4.00. The summed E-state index contributed by atoms with van der Waals surface area (Å²) in [6, 6.07) is 1.59. The smallest absolute Gasteiger partial charge is 0.336 e. The van der Waals surface area contributed by atoms with Gasteiger partial charge in [-0.25, -0.2) is 4.79 Å². The molecule has 228 valence electrons. The van der Waals surface area contributed by atoms with Crippen molar-refractivity contribution >= 4 is 52.2 Å². The quantitative estimate of drug-likeness (QED) is 0.0984. The minimum absolute atomic E-state index is 0.0656. The number of amides is 5. The third kappa shape index (κ3) is 10.6. The van der Waals surface area contributed by atoms with Crippen LogP contribution in [-0.4, -0.2) is 71.9 Å². The second-order valence-electron chi connectivity index (χ2n) is 9.56. The summed E-state index contributed by atoms with van der Waals surface area (Å²) in [5, 5.41) is 33.4. The van der Waals surface area contributed by atoms with Crippen LogP contribution in [0.3, 0.4) is 0 Å². The Morgan fingerprint density at radius 3 is 2.17 bits per heavy atom. The van der Waals surface area contributed by atoms with E-state index in [9.17, 15) is 43.8 Å². The Hall–Kier alpha value is -4.79. The number of anilines is 1. The molecule has 6 N–H and O–H groups in total. The summed E-state index contributed by atoms with van der Waals surface area (Å²) in [5.41, 5.74) is 0.574. The van der Waals surface area contributed by atoms with Gasteiger partial charge in [0.1, 0.15) is 23.7 Å². The van der Waals surface area contributed by atoms with Crippen LogP contribution in [0.2, 0.25) is 0 Å². The molecular formula is C27H34N5O10-. The standard InChI is InChI=1S/C27H35N5O10/c1-14-10-24(38)42-22-11-17(7-8-18(14)22)30-25(39)19(6-4-5-9-28-15(2)34)31-26(40)20(12-23(36)37)32-27(41)21(13-33)29-16(3)35/h7-8,10-11,19-21,33H,4-6,9,12-13H2,1-3H3,(H,28,34)(H,29,35)(H,30,39)(H,31,40)(H,32,41)(H,36,37)/p-1/t19-,20-,21-/m0/s1. The van der Waals surface area contributed by atoms with Crippen LogP contribution in [0.15, 0.2) is 33.5 Å². The van der Waals surface area contributed by atoms with Gasteiger partial charge in [-0.15, -0.1) is 0 Å². The molecule has 2 rings (SSSR count). The number of fused-ring (bicyclic) bond motifs is 1. The summed E-state index contributed by atoms with van der Waals surface area (Å²) in [6.07, 6.45) is -0.0867. The molecule has 0 bridgehead atoms. The second kappa shape index (κ2) is 15.9. The van der Waals surface area contributed by atoms with Crippen LogP contribution in [0.5, 0.6) is 0 Å². The van der Waals surface area contributed by atoms with Crippen LogP contribution in [0.4, 0.5) is 5.69 Å². The second-order valence-corrected chi connectivity index (χ2v) is 9.56. The zero-order valence-corrected chi connectivity index (χ0v) is 23.4. The maximum atomic E-state index is 13.2. The highest BCUT2D eigenvalue weighted by Gasteiger charge is 2.29. The maximum Gasteiger partial charge on any atom is 0.336 e. The Morgan fingerprint density at radius 2 is 1.55 bits per heavy atom. The molecule has 0 unspecified atom stereocenters. The maximum absolute atomic E-state index is 13.2. The Labute approximate surface area is 240 Å². The molecule has 1 aromatic heterocycles. The Balaban J connectivity index is 2.24. The van der Waals surface area contributed by atoms with E-state index < -0.39 is 66.4 Å². The number of rotatable bonds is 15. The molecule has 1 aromatic carbocycles. The molecule has 0 aliphatic rings. The first kappa shape index (κ1) is 33.4. The number of nitrogens with one attached hydrogen (secondary N) is 5. The van der Waals surface area contributed by atoms with Gasteiger partial charge in [0.05, 0.1) is 6.61 Å². The monoisotopic (exact) mass is 588 g/mol. The lowest BCUT2D eigenvalue weighted by atomic mass is 10.1. The molecule has 5 amide bonds. The van der Waals surface area contributed by atoms with Crippen molar-refractivity contribution in [3.63, 3.8) is 0 Å². The van der Waals surface area contributed by atoms with Gasteiger partial charge >= 0.3 is 5.63 Å². The number of aryl methyl sites for hydroxylation is 1. The lowest BCUT2D eigenvalue weighted by Gasteiger charge is -2.25. The van der Waals surface area contributed by atoms with Crippen molar-refractivity contribution in [2.24, 2.45) is 0 Å². The van der Waals surface area contributed by atoms with Gasteiger partial charge < -0.3 is 46.0 Å². The minimum atomic E-state index is -1.71. The summed E-state index contributed by atoms with van der Waals surface area (Å²) in [5.74, 6) is -5.32. The van der Waals surface area contributed by atoms with Crippen LogP contribution < -0.4 is 37.3 Å². The van der Waals surface area contributed by atoms with Crippen molar-refractivity contribution in [3.8, 4) is 0 Å². The SMILES string of the molecule is CC(=O)NCCCC[C@H](NC(=O)[C@H](CC(=O)[O-])NC(=O)[C@H](CO)NC(C)=O)C(=O)Nc1ccc2c(C)cc(=O)oc2c1. The van der Waals surface area contributed by atoms with E-state index in [-0.39, 0.29) is 23.6 Å². The van der Waals surface area contributed by atoms with Gasteiger partial charge in [0, 0.05) is 56.0 Å². The number of unbranched alkanes of at least 4 members (excludes halogenated alkanes) is 1. The van der Waals surface area contributed by atoms with E-state index in [0.29, 0.717) is 30.3 Å². The summed E-state index contributed by atoms with van der Waals surface area (Å²) >= 11 is 0. The van der Waals surface area contributed by atoms with Gasteiger partial charge in [0.15, 0.2) is 0 Å². The first-order chi connectivity index (χ1) is 19.8. The summed E-state index contributed by atoms with van der Waals surface area (Å²) in [6.45, 7) is 3.67. The number of benzene rings is 1. The fraction of sp³-hybridized carbons (Fsp3) is 0.444. The zero-order chi connectivity index (χ0) is 31.4. The molecule has 0 aliphatic heterocycles. The molecule has 3 atom stereocenters. The number of aliphatic hydroxyl groups excluding tert-OH is 1. The first-order valence-corrected chi connectivity index (χ1v) is 13.1. The molecule has 0 aliphatic carbocycles. The van der Waals surface area contributed by atoms with E-state index in [2.05, 4.69) is 26.6 Å². The molecule has 0 saturated heterocycles. The van der Waals surface area contributed by atoms with Gasteiger partial charge in [-0.2, -0.15) is 0 Å². The summed E-state index contributed by atoms with van der Waals surface area (Å²) in [7, 11) is 0. The normalized spacial score (nSPS) is 12.9. The molecule has 0 fully saturated rings. The molecule has 1 heterocycles. The average molecular weight is 589 g/mol. The van der Waals surface area contributed by atoms with Crippen LogP contribution in [0.1, 0.15) is 45.1 Å². The van der Waals surface area contributed by atoms with Crippen molar-refractivity contribution in [1.29, 1.82) is 0 Å². The minimum Gasteiger partial charge on any atom is -0.550 e. The van der Waals surface area contributed by atoms with Crippen LogP contribution >= 0.6 is 0 Å². The van der Waals surface area contributed by atoms with E-state index in [0.717, 1.165) is 6.92 Å². The summed E-state index contributed by atoms with van der Waals surface area (Å²) in [4.78, 5) is 84.4. The zero-order valence-electron chi connectivity index (χ0n) is 23.4. The highest BCUT2D eigenvalue weighted by molar-refractivity contribution is 6.00. The Kier molecular flexibility index (Phi) is 12.6. The van der Waals surface area contributed by atoms with E-state index >= 15 is 0 Å². The number of carbonyl (C=O) groups is 6. The number of carbonyl (C=O) groups excluding carboxylic acids is 6. The van der Waals surface area contributed by atoms with E-state index in [1.165, 1.54) is 19.1 Å². The van der Waals surface area contributed by atoms with Crippen LogP contribution in [0, 0.1) is 6.92 Å². The number of aliphatic hydroxyl groups is 1. The molecule has 15 nitrogen and oxygen atoms in total. The van der Waals surface area contributed by atoms with Gasteiger partial charge in [0.2, 0.25) is 29.5 Å². The highest BCUT2D eigenvalue weighted by atomic mass is 16.4. The van der Waals surface area contributed by atoms with Crippen molar-refractivity contribution in [3.05, 3.63) is 40.2 Å². The van der Waals surface area contributed by atoms with Gasteiger partial charge in [-0.1, -0.05) is 0 Å². The third-order valence-corrected chi connectivity index (χ3v) is 6.03. The van der Waals surface area contributed by atoms with Gasteiger partial charge in [-0.05, 0) is 43.9 Å². The molecule has 42 heavy (non-hydrogen) atoms. The Morgan fingerprint density at radius 1 is 0.881 bits per heavy atom. The molecule has 0 saturated carbocycles. The molecule has 2 aromatic rings. The van der Waals surface area contributed by atoms with E-state index in [4.69, 9.17) is 4.42 Å². The number of hydrogen-bond donors (Lipinski definition) is 6. The topological polar surface area (TPSA) is 236 Å². The number of hydrogen-bond acceptors (Lipinski definition) is 10. The highest BCUT2D eigenvalue weighted by Crippen LogP contribution is 2.21. The molecule has 0 spiro atoms. The molecule has 15 heteroatoms. The van der Waals surface area contributed by atoms with Crippen molar-refractivity contribution in [1.82, 2.24) is 21.3 Å². The summed E-state index contributed by atoms with van der Waals surface area (Å²) < 4.78 is 5.20. The van der Waals surface area contributed by atoms with Gasteiger partial charge in [-0.3, -0.25) is 24.0 Å². The predicted octanol–water partition coefficient (Wildman–Crippen LogP) is -2.05. The van der Waals surface area contributed by atoms with Crippen LogP contribution in [0.25, 0.3) is 11.0 Å². The van der Waals surface area contributed by atoms with Crippen LogP contribution in [-0.2, 0) is 28.8 Å². The molecular weight excluding hydrogens is 554 g/mol. The first-order valence-electron chi connectivity index (χ1n) is 13.1. The van der Waals surface area contributed by atoms with Crippen molar-refractivity contribution < 1.29 is 43.4 Å². The van der Waals surface area contributed by atoms with Crippen molar-refractivity contribution in [2.45, 2.75) is 64.6 Å². The fourth-order valence-electron chi connectivity index (χ4n) is 4.00. The number of carboxylic acids is 1. The van der Waals surface area contributed by atoms with E-state index in [1.807, 2.05) is 0 Å². The van der Waals surface area contributed by atoms with Crippen molar-refractivity contribution in [2.75, 3.05) is 18.5 Å². The van der Waals surface area contributed by atoms with E-state index in [1.54, 1.807) is 19.1 Å². The average Bonchev–Trinajstić information content (AvgIpc) is 2.89. The Bertz CT molecular complexity index is 1390. The third-order valence-electron chi connectivity index (χ3n) is 6.03. The lowest BCUT2D eigenvalue weighted by Crippen LogP contribution is -2.57. The van der Waals surface area contributed by atoms with Gasteiger partial charge in [0.25, 0.3) is 0 Å².